The Labute approximate surface area is 117 Å². The van der Waals surface area contributed by atoms with Gasteiger partial charge in [0, 0.05) is 23.9 Å². The Morgan fingerprint density at radius 3 is 2.84 bits per heavy atom. The van der Waals surface area contributed by atoms with Crippen LogP contribution in [-0.4, -0.2) is 32.2 Å². The van der Waals surface area contributed by atoms with Gasteiger partial charge in [0.05, 0.1) is 19.8 Å². The van der Waals surface area contributed by atoms with E-state index in [4.69, 9.17) is 31.5 Å². The van der Waals surface area contributed by atoms with Gasteiger partial charge in [-0.25, -0.2) is 0 Å². The number of nitrogens with two attached hydrogens (primary N) is 1. The zero-order chi connectivity index (χ0) is 13.2. The van der Waals surface area contributed by atoms with E-state index in [1.54, 1.807) is 0 Å². The van der Waals surface area contributed by atoms with Crippen molar-refractivity contribution in [2.24, 2.45) is 5.73 Å². The molecule has 4 nitrogen and oxygen atoms in total. The molecule has 1 fully saturated rings. The summed E-state index contributed by atoms with van der Waals surface area (Å²) < 4.78 is 16.5. The Hall–Kier alpha value is -0.810. The smallest absolute Gasteiger partial charge is 0.159 e. The second-order valence-electron chi connectivity index (χ2n) is 5.02. The number of hydrogen-bond donors (Lipinski definition) is 1. The molecule has 104 valence electrons. The monoisotopic (exact) mass is 283 g/mol. The summed E-state index contributed by atoms with van der Waals surface area (Å²) in [5.41, 5.74) is 8.44. The Morgan fingerprint density at radius 1 is 1.26 bits per heavy atom. The lowest BCUT2D eigenvalue weighted by Gasteiger charge is -2.17. The van der Waals surface area contributed by atoms with E-state index in [2.05, 4.69) is 0 Å². The Kier molecular flexibility index (Phi) is 3.93. The largest absolute Gasteiger partial charge is 0.493 e. The van der Waals surface area contributed by atoms with Crippen molar-refractivity contribution >= 4 is 11.6 Å². The molecule has 0 aromatic heterocycles. The minimum Gasteiger partial charge on any atom is -0.493 e. The summed E-state index contributed by atoms with van der Waals surface area (Å²) in [6.07, 6.45) is 2.18. The number of fused-ring (bicyclic) bond motifs is 1. The first-order chi connectivity index (χ1) is 9.22. The van der Waals surface area contributed by atoms with Crippen molar-refractivity contribution in [3.05, 3.63) is 28.3 Å². The fourth-order valence-electron chi connectivity index (χ4n) is 2.65. The van der Waals surface area contributed by atoms with Gasteiger partial charge in [0.2, 0.25) is 0 Å². The summed E-state index contributed by atoms with van der Waals surface area (Å²) >= 11 is 6.14. The van der Waals surface area contributed by atoms with Crippen LogP contribution in [0.25, 0.3) is 0 Å². The van der Waals surface area contributed by atoms with E-state index in [9.17, 15) is 0 Å². The standard InChI is InChI=1S/C14H18ClNO3/c15-11-5-9-1-2-19-14(9)10(6-11)7-12(16)8-13-17-3-4-18-13/h5-6,12-13H,1-4,7-8,16H2. The topological polar surface area (TPSA) is 53.7 Å². The third-order valence-electron chi connectivity index (χ3n) is 3.49. The molecule has 0 bridgehead atoms. The molecule has 2 aliphatic heterocycles. The number of rotatable bonds is 4. The third-order valence-corrected chi connectivity index (χ3v) is 3.71. The molecule has 0 spiro atoms. The molecule has 2 heterocycles. The molecule has 2 aliphatic rings. The van der Waals surface area contributed by atoms with Crippen LogP contribution >= 0.6 is 11.6 Å². The van der Waals surface area contributed by atoms with Crippen molar-refractivity contribution < 1.29 is 14.2 Å². The van der Waals surface area contributed by atoms with Crippen molar-refractivity contribution in [1.29, 1.82) is 0 Å². The first-order valence-corrected chi connectivity index (χ1v) is 7.03. The first kappa shape index (κ1) is 13.2. The van der Waals surface area contributed by atoms with Crippen molar-refractivity contribution in [2.75, 3.05) is 19.8 Å². The van der Waals surface area contributed by atoms with E-state index in [-0.39, 0.29) is 12.3 Å². The van der Waals surface area contributed by atoms with Gasteiger partial charge in [-0.3, -0.25) is 0 Å². The van der Waals surface area contributed by atoms with Gasteiger partial charge in [-0.1, -0.05) is 11.6 Å². The van der Waals surface area contributed by atoms with Crippen LogP contribution in [0.2, 0.25) is 5.02 Å². The minimum atomic E-state index is -0.164. The number of halogens is 1. The maximum Gasteiger partial charge on any atom is 0.159 e. The molecule has 19 heavy (non-hydrogen) atoms. The fraction of sp³-hybridized carbons (Fsp3) is 0.571. The predicted molar refractivity (Wildman–Crippen MR) is 72.6 cm³/mol. The van der Waals surface area contributed by atoms with E-state index in [1.807, 2.05) is 12.1 Å². The molecule has 0 aliphatic carbocycles. The average Bonchev–Trinajstić information content (AvgIpc) is 2.99. The van der Waals surface area contributed by atoms with Gasteiger partial charge in [-0.05, 0) is 29.7 Å². The summed E-state index contributed by atoms with van der Waals surface area (Å²) in [4.78, 5) is 0. The maximum atomic E-state index is 6.17. The van der Waals surface area contributed by atoms with Crippen LogP contribution in [0.4, 0.5) is 0 Å². The molecule has 1 saturated heterocycles. The summed E-state index contributed by atoms with van der Waals surface area (Å²) in [5, 5.41) is 0.750. The predicted octanol–water partition coefficient (Wildman–Crippen LogP) is 1.91. The van der Waals surface area contributed by atoms with Crippen LogP contribution in [0.15, 0.2) is 12.1 Å². The van der Waals surface area contributed by atoms with Crippen molar-refractivity contribution in [2.45, 2.75) is 31.6 Å². The molecule has 0 radical (unpaired) electrons. The molecule has 3 rings (SSSR count). The van der Waals surface area contributed by atoms with E-state index in [0.29, 0.717) is 19.6 Å². The normalized spacial score (nSPS) is 20.3. The minimum absolute atomic E-state index is 0.0186. The second-order valence-corrected chi connectivity index (χ2v) is 5.46. The highest BCUT2D eigenvalue weighted by molar-refractivity contribution is 6.30. The molecule has 0 saturated carbocycles. The molecule has 0 amide bonds. The summed E-state index contributed by atoms with van der Waals surface area (Å²) in [6, 6.07) is 3.90. The SMILES string of the molecule is NC(Cc1cc(Cl)cc2c1OCC2)CC1OCCO1. The van der Waals surface area contributed by atoms with Gasteiger partial charge in [-0.15, -0.1) is 0 Å². The molecule has 1 aromatic rings. The van der Waals surface area contributed by atoms with Gasteiger partial charge < -0.3 is 19.9 Å². The van der Waals surface area contributed by atoms with Crippen molar-refractivity contribution in [3.8, 4) is 5.75 Å². The molecular formula is C14H18ClNO3. The molecule has 2 N–H and O–H groups in total. The number of ether oxygens (including phenoxy) is 3. The second kappa shape index (κ2) is 5.67. The quantitative estimate of drug-likeness (QED) is 0.917. The summed E-state index contributed by atoms with van der Waals surface area (Å²) in [5.74, 6) is 0.966. The third kappa shape index (κ3) is 3.03. The lowest BCUT2D eigenvalue weighted by molar-refractivity contribution is -0.0504. The number of benzene rings is 1. The van der Waals surface area contributed by atoms with Crippen molar-refractivity contribution in [1.82, 2.24) is 0 Å². The first-order valence-electron chi connectivity index (χ1n) is 6.65. The zero-order valence-corrected chi connectivity index (χ0v) is 11.5. The highest BCUT2D eigenvalue weighted by Gasteiger charge is 2.23. The van der Waals surface area contributed by atoms with Gasteiger partial charge in [0.15, 0.2) is 6.29 Å². The van der Waals surface area contributed by atoms with E-state index in [1.165, 1.54) is 5.56 Å². The molecule has 1 unspecified atom stereocenters. The fourth-order valence-corrected chi connectivity index (χ4v) is 2.92. The molecular weight excluding hydrogens is 266 g/mol. The zero-order valence-electron chi connectivity index (χ0n) is 10.7. The maximum absolute atomic E-state index is 6.17. The molecule has 1 aromatic carbocycles. The number of hydrogen-bond acceptors (Lipinski definition) is 4. The lowest BCUT2D eigenvalue weighted by atomic mass is 10.00. The van der Waals surface area contributed by atoms with Crippen LogP contribution in [0.1, 0.15) is 17.5 Å². The summed E-state index contributed by atoms with van der Waals surface area (Å²) in [6.45, 7) is 2.05. The Balaban J connectivity index is 1.68. The highest BCUT2D eigenvalue weighted by atomic mass is 35.5. The van der Waals surface area contributed by atoms with Crippen LogP contribution < -0.4 is 10.5 Å². The van der Waals surface area contributed by atoms with Gasteiger partial charge in [-0.2, -0.15) is 0 Å². The Morgan fingerprint density at radius 2 is 2.05 bits per heavy atom. The van der Waals surface area contributed by atoms with Crippen LogP contribution in [0.5, 0.6) is 5.75 Å². The van der Waals surface area contributed by atoms with E-state index in [0.717, 1.165) is 35.8 Å². The molecule has 1 atom stereocenters. The van der Waals surface area contributed by atoms with Gasteiger partial charge in [0.25, 0.3) is 0 Å². The highest BCUT2D eigenvalue weighted by Crippen LogP contribution is 2.33. The van der Waals surface area contributed by atoms with Crippen LogP contribution in [0, 0.1) is 0 Å². The summed E-state index contributed by atoms with van der Waals surface area (Å²) in [7, 11) is 0. The van der Waals surface area contributed by atoms with E-state index < -0.39 is 0 Å². The van der Waals surface area contributed by atoms with Gasteiger partial charge >= 0.3 is 0 Å². The van der Waals surface area contributed by atoms with E-state index >= 15 is 0 Å². The lowest BCUT2D eigenvalue weighted by Crippen LogP contribution is -2.29. The molecule has 5 heteroatoms. The van der Waals surface area contributed by atoms with Crippen molar-refractivity contribution in [3.63, 3.8) is 0 Å². The van der Waals surface area contributed by atoms with Crippen LogP contribution in [-0.2, 0) is 22.3 Å². The average molecular weight is 284 g/mol. The van der Waals surface area contributed by atoms with Crippen LogP contribution in [0.3, 0.4) is 0 Å². The Bertz CT molecular complexity index is 460. The van der Waals surface area contributed by atoms with Gasteiger partial charge in [0.1, 0.15) is 5.75 Å².